The van der Waals surface area contributed by atoms with Gasteiger partial charge in [-0.1, -0.05) is 24.3 Å². The van der Waals surface area contributed by atoms with Crippen LogP contribution in [-0.4, -0.2) is 26.0 Å². The summed E-state index contributed by atoms with van der Waals surface area (Å²) in [5.41, 5.74) is 1.70. The minimum absolute atomic E-state index is 0.152. The van der Waals surface area contributed by atoms with Gasteiger partial charge in [-0.3, -0.25) is 4.98 Å². The molecule has 0 aliphatic carbocycles. The summed E-state index contributed by atoms with van der Waals surface area (Å²) in [7, 11) is 0. The Kier molecular flexibility index (Phi) is 3.10. The Bertz CT molecular complexity index is 831. The molecule has 0 aliphatic heterocycles. The topological polar surface area (TPSA) is 76.0 Å². The van der Waals surface area contributed by atoms with Crippen LogP contribution in [0.4, 0.5) is 0 Å². The zero-order valence-electron chi connectivity index (χ0n) is 11.7. The Morgan fingerprint density at radius 3 is 2.38 bits per heavy atom. The predicted molar refractivity (Wildman–Crippen MR) is 79.2 cm³/mol. The van der Waals surface area contributed by atoms with Crippen LogP contribution in [-0.2, 0) is 0 Å². The molecule has 0 saturated heterocycles. The maximum atomic E-state index is 11.2. The molecule has 0 spiro atoms. The zero-order chi connectivity index (χ0) is 15.0. The molecule has 0 atom stereocenters. The van der Waals surface area contributed by atoms with Gasteiger partial charge in [0.05, 0.1) is 11.4 Å². The molecule has 0 amide bonds. The van der Waals surface area contributed by atoms with Crippen molar-refractivity contribution < 1.29 is 9.90 Å². The van der Waals surface area contributed by atoms with Crippen molar-refractivity contribution in [2.24, 2.45) is 0 Å². The first-order valence-corrected chi connectivity index (χ1v) is 6.50. The molecule has 3 aromatic rings. The summed E-state index contributed by atoms with van der Waals surface area (Å²) in [5, 5.41) is 11.2. The normalized spacial score (nSPS) is 10.8. The third-order valence-electron chi connectivity index (χ3n) is 3.37. The van der Waals surface area contributed by atoms with Crippen LogP contribution in [0.3, 0.4) is 0 Å². The summed E-state index contributed by atoms with van der Waals surface area (Å²) in [6.45, 7) is 3.35. The van der Waals surface area contributed by atoms with Gasteiger partial charge in [-0.05, 0) is 25.3 Å². The van der Waals surface area contributed by atoms with E-state index in [0.29, 0.717) is 22.9 Å². The largest absolute Gasteiger partial charge is 0.478 e. The summed E-state index contributed by atoms with van der Waals surface area (Å²) >= 11 is 0. The van der Waals surface area contributed by atoms with Crippen molar-refractivity contribution in [2.45, 2.75) is 13.8 Å². The molecule has 2 heterocycles. The molecule has 0 saturated carbocycles. The minimum atomic E-state index is -1.01. The van der Waals surface area contributed by atoms with E-state index < -0.39 is 5.97 Å². The fourth-order valence-corrected chi connectivity index (χ4v) is 2.43. The summed E-state index contributed by atoms with van der Waals surface area (Å²) in [6, 6.07) is 9.75. The lowest BCUT2D eigenvalue weighted by atomic mass is 10.1. The Balaban J connectivity index is 2.27. The number of aryl methyl sites for hydroxylation is 2. The first-order valence-electron chi connectivity index (χ1n) is 6.50. The highest BCUT2D eigenvalue weighted by Crippen LogP contribution is 2.25. The fourth-order valence-electron chi connectivity index (χ4n) is 2.43. The number of carboxylic acid groups (broad SMARTS) is 1. The minimum Gasteiger partial charge on any atom is -0.478 e. The van der Waals surface area contributed by atoms with Crippen LogP contribution >= 0.6 is 0 Å². The second kappa shape index (κ2) is 4.94. The van der Waals surface area contributed by atoms with E-state index in [1.807, 2.05) is 30.3 Å². The molecule has 0 aliphatic rings. The molecule has 1 N–H and O–H groups in total. The zero-order valence-corrected chi connectivity index (χ0v) is 11.7. The second-order valence-corrected chi connectivity index (χ2v) is 4.78. The molecule has 5 heteroatoms. The fraction of sp³-hybridized carbons (Fsp3) is 0.125. The molecular weight excluding hydrogens is 266 g/mol. The van der Waals surface area contributed by atoms with Crippen LogP contribution in [0.1, 0.15) is 21.7 Å². The van der Waals surface area contributed by atoms with Crippen molar-refractivity contribution in [1.29, 1.82) is 0 Å². The van der Waals surface area contributed by atoms with Crippen molar-refractivity contribution >= 4 is 16.7 Å². The number of pyridine rings is 1. The number of rotatable bonds is 2. The third-order valence-corrected chi connectivity index (χ3v) is 3.37. The molecule has 0 radical (unpaired) electrons. The van der Waals surface area contributed by atoms with Gasteiger partial charge in [0.1, 0.15) is 11.3 Å². The first kappa shape index (κ1) is 13.2. The lowest BCUT2D eigenvalue weighted by Crippen LogP contribution is -2.09. The maximum Gasteiger partial charge on any atom is 0.339 e. The number of aromatic carboxylic acids is 1. The molecule has 0 unspecified atom stereocenters. The average Bonchev–Trinajstić information content (AvgIpc) is 2.45. The van der Waals surface area contributed by atoms with Gasteiger partial charge in [0, 0.05) is 11.6 Å². The molecule has 21 heavy (non-hydrogen) atoms. The van der Waals surface area contributed by atoms with Gasteiger partial charge in [-0.25, -0.2) is 14.8 Å². The van der Waals surface area contributed by atoms with Crippen molar-refractivity contribution in [3.8, 4) is 11.5 Å². The first-order chi connectivity index (χ1) is 10.1. The predicted octanol–water partition coefficient (Wildman–Crippen LogP) is 3.01. The number of hydrogen-bond donors (Lipinski definition) is 1. The maximum absolute atomic E-state index is 11.2. The summed E-state index contributed by atoms with van der Waals surface area (Å²) in [6.07, 6.45) is 1.71. The number of benzene rings is 1. The van der Waals surface area contributed by atoms with E-state index in [2.05, 4.69) is 15.0 Å². The van der Waals surface area contributed by atoms with Crippen LogP contribution in [0, 0.1) is 13.8 Å². The third kappa shape index (κ3) is 2.23. The Morgan fingerprint density at radius 1 is 1.05 bits per heavy atom. The number of carboxylic acids is 1. The SMILES string of the molecule is Cc1nc(-c2nccc3ccccc23)nc(C)c1C(=O)O. The second-order valence-electron chi connectivity index (χ2n) is 4.78. The molecule has 5 nitrogen and oxygen atoms in total. The van der Waals surface area contributed by atoms with E-state index in [1.165, 1.54) is 0 Å². The van der Waals surface area contributed by atoms with Gasteiger partial charge in [0.2, 0.25) is 0 Å². The van der Waals surface area contributed by atoms with Crippen LogP contribution < -0.4 is 0 Å². The van der Waals surface area contributed by atoms with Crippen molar-refractivity contribution in [2.75, 3.05) is 0 Å². The van der Waals surface area contributed by atoms with Gasteiger partial charge in [-0.2, -0.15) is 0 Å². The van der Waals surface area contributed by atoms with Gasteiger partial charge >= 0.3 is 5.97 Å². The molecule has 0 bridgehead atoms. The number of nitrogens with zero attached hydrogens (tertiary/aromatic N) is 3. The Hall–Kier alpha value is -2.82. The van der Waals surface area contributed by atoms with Crippen LogP contribution in [0.15, 0.2) is 36.5 Å². The summed E-state index contributed by atoms with van der Waals surface area (Å²) in [5.74, 6) is -0.561. The van der Waals surface area contributed by atoms with Crippen LogP contribution in [0.2, 0.25) is 0 Å². The van der Waals surface area contributed by atoms with Gasteiger partial charge < -0.3 is 5.11 Å². The van der Waals surface area contributed by atoms with Crippen molar-refractivity contribution in [3.63, 3.8) is 0 Å². The smallest absolute Gasteiger partial charge is 0.339 e. The molecule has 3 rings (SSSR count). The van der Waals surface area contributed by atoms with E-state index in [-0.39, 0.29) is 5.56 Å². The highest BCUT2D eigenvalue weighted by atomic mass is 16.4. The lowest BCUT2D eigenvalue weighted by Gasteiger charge is -2.09. The Labute approximate surface area is 121 Å². The monoisotopic (exact) mass is 279 g/mol. The van der Waals surface area contributed by atoms with E-state index in [0.717, 1.165) is 10.8 Å². The molecule has 2 aromatic heterocycles. The highest BCUT2D eigenvalue weighted by Gasteiger charge is 2.17. The number of aromatic nitrogens is 3. The molecule has 0 fully saturated rings. The van der Waals surface area contributed by atoms with Gasteiger partial charge in [0.15, 0.2) is 5.82 Å². The van der Waals surface area contributed by atoms with Gasteiger partial charge in [-0.15, -0.1) is 0 Å². The van der Waals surface area contributed by atoms with E-state index in [4.69, 9.17) is 0 Å². The Morgan fingerprint density at radius 2 is 1.71 bits per heavy atom. The number of hydrogen-bond acceptors (Lipinski definition) is 4. The lowest BCUT2D eigenvalue weighted by molar-refractivity contribution is 0.0694. The standard InChI is InChI=1S/C16H13N3O2/c1-9-13(16(20)21)10(2)19-15(18-9)14-12-6-4-3-5-11(12)7-8-17-14/h3-8H,1-2H3,(H,20,21). The van der Waals surface area contributed by atoms with Crippen LogP contribution in [0.5, 0.6) is 0 Å². The molecule has 104 valence electrons. The van der Waals surface area contributed by atoms with Crippen LogP contribution in [0.25, 0.3) is 22.3 Å². The van der Waals surface area contributed by atoms with E-state index >= 15 is 0 Å². The van der Waals surface area contributed by atoms with E-state index in [1.54, 1.807) is 20.0 Å². The quantitative estimate of drug-likeness (QED) is 0.780. The van der Waals surface area contributed by atoms with Crippen molar-refractivity contribution in [3.05, 3.63) is 53.5 Å². The number of fused-ring (bicyclic) bond motifs is 1. The molecular formula is C16H13N3O2. The molecule has 1 aromatic carbocycles. The summed E-state index contributed by atoms with van der Waals surface area (Å²) in [4.78, 5) is 24.2. The summed E-state index contributed by atoms with van der Waals surface area (Å²) < 4.78 is 0. The van der Waals surface area contributed by atoms with Gasteiger partial charge in [0.25, 0.3) is 0 Å². The highest BCUT2D eigenvalue weighted by molar-refractivity contribution is 5.94. The van der Waals surface area contributed by atoms with Crippen molar-refractivity contribution in [1.82, 2.24) is 15.0 Å². The van der Waals surface area contributed by atoms with E-state index in [9.17, 15) is 9.90 Å². The number of carbonyl (C=O) groups is 1. The average molecular weight is 279 g/mol.